The summed E-state index contributed by atoms with van der Waals surface area (Å²) < 4.78 is 0. The van der Waals surface area contributed by atoms with Crippen molar-refractivity contribution in [2.24, 2.45) is 0 Å². The van der Waals surface area contributed by atoms with Gasteiger partial charge in [0.25, 0.3) is 11.8 Å². The van der Waals surface area contributed by atoms with E-state index >= 15 is 0 Å². The van der Waals surface area contributed by atoms with Crippen LogP contribution in [0.25, 0.3) is 0 Å². The molecule has 0 saturated heterocycles. The number of anilines is 2. The van der Waals surface area contributed by atoms with E-state index in [2.05, 4.69) is 10.6 Å². The molecule has 2 amide bonds. The molecule has 0 aliphatic rings. The molecular formula is C21H17ClN2O2. The molecule has 4 nitrogen and oxygen atoms in total. The predicted molar refractivity (Wildman–Crippen MR) is 105 cm³/mol. The Morgan fingerprint density at radius 3 is 1.81 bits per heavy atom. The molecule has 0 fully saturated rings. The number of rotatable bonds is 4. The van der Waals surface area contributed by atoms with Crippen LogP contribution in [-0.4, -0.2) is 11.8 Å². The van der Waals surface area contributed by atoms with Gasteiger partial charge in [0, 0.05) is 27.5 Å². The van der Waals surface area contributed by atoms with Crippen LogP contribution in [0.2, 0.25) is 5.02 Å². The minimum absolute atomic E-state index is 0.180. The molecule has 0 radical (unpaired) electrons. The smallest absolute Gasteiger partial charge is 0.255 e. The third-order valence-electron chi connectivity index (χ3n) is 3.80. The van der Waals surface area contributed by atoms with E-state index in [9.17, 15) is 9.59 Å². The number of hydrogen-bond acceptors (Lipinski definition) is 2. The lowest BCUT2D eigenvalue weighted by Gasteiger charge is -2.08. The van der Waals surface area contributed by atoms with Gasteiger partial charge in [-0.3, -0.25) is 9.59 Å². The van der Waals surface area contributed by atoms with E-state index in [0.717, 1.165) is 5.56 Å². The Morgan fingerprint density at radius 1 is 0.731 bits per heavy atom. The number of aryl methyl sites for hydroxylation is 1. The highest BCUT2D eigenvalue weighted by atomic mass is 35.5. The van der Waals surface area contributed by atoms with Gasteiger partial charge in [-0.2, -0.15) is 0 Å². The van der Waals surface area contributed by atoms with Crippen molar-refractivity contribution in [3.63, 3.8) is 0 Å². The summed E-state index contributed by atoms with van der Waals surface area (Å²) in [6.07, 6.45) is 0. The topological polar surface area (TPSA) is 58.2 Å². The maximum absolute atomic E-state index is 12.2. The fourth-order valence-electron chi connectivity index (χ4n) is 2.38. The Labute approximate surface area is 156 Å². The van der Waals surface area contributed by atoms with Crippen LogP contribution < -0.4 is 10.6 Å². The highest BCUT2D eigenvalue weighted by Crippen LogP contribution is 2.17. The average molecular weight is 365 g/mol. The van der Waals surface area contributed by atoms with E-state index < -0.39 is 0 Å². The van der Waals surface area contributed by atoms with Crippen LogP contribution in [0.15, 0.2) is 72.8 Å². The van der Waals surface area contributed by atoms with Gasteiger partial charge in [0.05, 0.1) is 0 Å². The maximum atomic E-state index is 12.2. The molecule has 3 aromatic rings. The summed E-state index contributed by atoms with van der Waals surface area (Å²) >= 11 is 5.90. The Hall–Kier alpha value is -3.11. The fourth-order valence-corrected chi connectivity index (χ4v) is 2.57. The summed E-state index contributed by atoms with van der Waals surface area (Å²) in [6.45, 7) is 1.97. The summed E-state index contributed by atoms with van der Waals surface area (Å²) in [4.78, 5) is 24.4. The van der Waals surface area contributed by atoms with Crippen molar-refractivity contribution in [1.29, 1.82) is 0 Å². The third kappa shape index (κ3) is 4.49. The molecule has 0 spiro atoms. The van der Waals surface area contributed by atoms with Gasteiger partial charge >= 0.3 is 0 Å². The summed E-state index contributed by atoms with van der Waals surface area (Å²) in [5, 5.41) is 6.13. The van der Waals surface area contributed by atoms with E-state index in [1.807, 2.05) is 19.1 Å². The summed E-state index contributed by atoms with van der Waals surface area (Å²) in [7, 11) is 0. The van der Waals surface area contributed by atoms with Crippen LogP contribution in [0, 0.1) is 6.92 Å². The molecule has 3 aromatic carbocycles. The zero-order valence-corrected chi connectivity index (χ0v) is 14.9. The zero-order valence-electron chi connectivity index (χ0n) is 14.1. The van der Waals surface area contributed by atoms with E-state index in [0.29, 0.717) is 27.5 Å². The highest BCUT2D eigenvalue weighted by Gasteiger charge is 2.08. The fraction of sp³-hybridized carbons (Fsp3) is 0.0476. The van der Waals surface area contributed by atoms with Crippen molar-refractivity contribution in [3.05, 3.63) is 94.5 Å². The van der Waals surface area contributed by atoms with Gasteiger partial charge in [-0.1, -0.05) is 35.4 Å². The molecule has 0 aliphatic carbocycles. The molecule has 0 atom stereocenters. The largest absolute Gasteiger partial charge is 0.322 e. The predicted octanol–water partition coefficient (Wildman–Crippen LogP) is 5.15. The van der Waals surface area contributed by atoms with Gasteiger partial charge < -0.3 is 10.6 Å². The number of benzene rings is 3. The minimum Gasteiger partial charge on any atom is -0.322 e. The Morgan fingerprint density at radius 2 is 1.27 bits per heavy atom. The molecule has 3 rings (SSSR count). The second-order valence-electron chi connectivity index (χ2n) is 5.86. The zero-order chi connectivity index (χ0) is 18.5. The molecule has 0 aliphatic heterocycles. The maximum Gasteiger partial charge on any atom is 0.255 e. The molecule has 0 unspecified atom stereocenters. The van der Waals surface area contributed by atoms with Crippen LogP contribution in [-0.2, 0) is 0 Å². The number of amides is 2. The van der Waals surface area contributed by atoms with Crippen molar-refractivity contribution in [2.75, 3.05) is 10.6 Å². The Bertz CT molecular complexity index is 935. The number of halogens is 1. The molecular weight excluding hydrogens is 348 g/mol. The Balaban J connectivity index is 1.64. The van der Waals surface area contributed by atoms with Crippen molar-refractivity contribution in [2.45, 2.75) is 6.92 Å². The summed E-state index contributed by atoms with van der Waals surface area (Å²) in [6, 6.07) is 21.0. The molecule has 0 saturated carbocycles. The monoisotopic (exact) mass is 364 g/mol. The lowest BCUT2D eigenvalue weighted by atomic mass is 10.1. The first-order chi connectivity index (χ1) is 12.5. The number of carbonyl (C=O) groups excluding carboxylic acids is 2. The van der Waals surface area contributed by atoms with Crippen molar-refractivity contribution < 1.29 is 9.59 Å². The summed E-state index contributed by atoms with van der Waals surface area (Å²) in [5.74, 6) is -0.426. The van der Waals surface area contributed by atoms with Crippen molar-refractivity contribution in [3.8, 4) is 0 Å². The molecule has 0 aromatic heterocycles. The van der Waals surface area contributed by atoms with E-state index in [-0.39, 0.29) is 11.8 Å². The van der Waals surface area contributed by atoms with Gasteiger partial charge in [0.1, 0.15) is 0 Å². The summed E-state index contributed by atoms with van der Waals surface area (Å²) in [5.41, 5.74) is 3.45. The average Bonchev–Trinajstić information content (AvgIpc) is 2.64. The van der Waals surface area contributed by atoms with Crippen LogP contribution in [0.1, 0.15) is 26.3 Å². The second kappa shape index (κ2) is 7.85. The highest BCUT2D eigenvalue weighted by molar-refractivity contribution is 6.31. The molecule has 26 heavy (non-hydrogen) atoms. The van der Waals surface area contributed by atoms with E-state index in [4.69, 9.17) is 11.6 Å². The first-order valence-corrected chi connectivity index (χ1v) is 8.44. The normalized spacial score (nSPS) is 10.2. The van der Waals surface area contributed by atoms with Gasteiger partial charge in [0.15, 0.2) is 0 Å². The molecule has 130 valence electrons. The van der Waals surface area contributed by atoms with Gasteiger partial charge in [-0.15, -0.1) is 0 Å². The van der Waals surface area contributed by atoms with Crippen molar-refractivity contribution in [1.82, 2.24) is 0 Å². The van der Waals surface area contributed by atoms with Gasteiger partial charge in [-0.05, 0) is 61.5 Å². The minimum atomic E-state index is -0.246. The first kappa shape index (κ1) is 17.7. The van der Waals surface area contributed by atoms with Crippen molar-refractivity contribution >= 4 is 34.8 Å². The molecule has 5 heteroatoms. The second-order valence-corrected chi connectivity index (χ2v) is 6.30. The third-order valence-corrected chi connectivity index (χ3v) is 4.04. The molecule has 2 N–H and O–H groups in total. The SMILES string of the molecule is Cc1ccc(C(=O)Nc2ccc(NC(=O)c3cccc(Cl)c3)cc2)cc1. The lowest BCUT2D eigenvalue weighted by Crippen LogP contribution is -2.13. The van der Waals surface area contributed by atoms with E-state index in [1.165, 1.54) is 0 Å². The van der Waals surface area contributed by atoms with Crippen LogP contribution >= 0.6 is 11.6 Å². The first-order valence-electron chi connectivity index (χ1n) is 8.06. The number of nitrogens with one attached hydrogen (secondary N) is 2. The number of carbonyl (C=O) groups is 2. The standard InChI is InChI=1S/C21H17ClN2O2/c1-14-5-7-15(8-6-14)20(25)23-18-9-11-19(12-10-18)24-21(26)16-3-2-4-17(22)13-16/h2-13H,1H3,(H,23,25)(H,24,26). The van der Waals surface area contributed by atoms with E-state index in [1.54, 1.807) is 60.7 Å². The van der Waals surface area contributed by atoms with Crippen LogP contribution in [0.3, 0.4) is 0 Å². The van der Waals surface area contributed by atoms with Gasteiger partial charge in [-0.25, -0.2) is 0 Å². The molecule has 0 heterocycles. The quantitative estimate of drug-likeness (QED) is 0.672. The van der Waals surface area contributed by atoms with Crippen LogP contribution in [0.5, 0.6) is 0 Å². The lowest BCUT2D eigenvalue weighted by molar-refractivity contribution is 0.101. The van der Waals surface area contributed by atoms with Crippen LogP contribution in [0.4, 0.5) is 11.4 Å². The van der Waals surface area contributed by atoms with Gasteiger partial charge in [0.2, 0.25) is 0 Å². The number of hydrogen-bond donors (Lipinski definition) is 2. The Kier molecular flexibility index (Phi) is 5.34. The molecule has 0 bridgehead atoms.